The number of carbonyl (C=O) groups excluding carboxylic acids is 1. The fourth-order valence-corrected chi connectivity index (χ4v) is 3.25. The molecule has 2 aromatic carbocycles. The Morgan fingerprint density at radius 2 is 2.04 bits per heavy atom. The third-order valence-corrected chi connectivity index (χ3v) is 4.95. The molecule has 1 heterocycles. The average Bonchev–Trinajstić information content (AvgIpc) is 3.13. The molecule has 0 aliphatic heterocycles. The Kier molecular flexibility index (Phi) is 6.80. The highest BCUT2D eigenvalue weighted by atomic mass is 32.2. The molecule has 0 radical (unpaired) electrons. The lowest BCUT2D eigenvalue weighted by Crippen LogP contribution is -2.17. The molecule has 3 aromatic rings. The molecular formula is C20H21N5O2S. The minimum absolute atomic E-state index is 0.266. The lowest BCUT2D eigenvalue weighted by Gasteiger charge is -2.06. The maximum absolute atomic E-state index is 12.3. The molecule has 1 N–H and O–H groups in total. The van der Waals surface area contributed by atoms with Gasteiger partial charge in [0.1, 0.15) is 12.1 Å². The molecule has 28 heavy (non-hydrogen) atoms. The molecule has 0 saturated carbocycles. The molecule has 1 amide bonds. The predicted molar refractivity (Wildman–Crippen MR) is 110 cm³/mol. The summed E-state index contributed by atoms with van der Waals surface area (Å²) in [6.07, 6.45) is 3.25. The van der Waals surface area contributed by atoms with E-state index in [-0.39, 0.29) is 5.91 Å². The second kappa shape index (κ2) is 9.70. The molecule has 0 aliphatic carbocycles. The number of hydrazone groups is 1. The van der Waals surface area contributed by atoms with Crippen LogP contribution in [-0.2, 0) is 12.8 Å². The van der Waals surface area contributed by atoms with E-state index in [4.69, 9.17) is 4.74 Å². The van der Waals surface area contributed by atoms with Crippen molar-refractivity contribution in [3.05, 3.63) is 71.5 Å². The Morgan fingerprint density at radius 1 is 1.25 bits per heavy atom. The first-order valence-electron chi connectivity index (χ1n) is 8.78. The Bertz CT molecular complexity index is 953. The highest BCUT2D eigenvalue weighted by Crippen LogP contribution is 2.20. The molecule has 0 atom stereocenters. The molecular weight excluding hydrogens is 374 g/mol. The van der Waals surface area contributed by atoms with Crippen molar-refractivity contribution in [2.24, 2.45) is 12.1 Å². The zero-order valence-corrected chi connectivity index (χ0v) is 16.5. The Labute approximate surface area is 167 Å². The average molecular weight is 395 g/mol. The van der Waals surface area contributed by atoms with Gasteiger partial charge >= 0.3 is 0 Å². The Morgan fingerprint density at radius 3 is 2.75 bits per heavy atom. The maximum Gasteiger partial charge on any atom is 0.271 e. The standard InChI is InChI=1S/C20H21N5O2S/c1-3-27-18-7-5-4-6-17(18)12-21-23-19(26)16-10-8-15(9-11-16)13-28-20-24-22-14-25(20)2/h4-12,14H,3,13H2,1-2H3,(H,23,26). The number of para-hydroxylation sites is 1. The van der Waals surface area contributed by atoms with Crippen molar-refractivity contribution in [3.63, 3.8) is 0 Å². The summed E-state index contributed by atoms with van der Waals surface area (Å²) in [6.45, 7) is 2.49. The van der Waals surface area contributed by atoms with Crippen molar-refractivity contribution in [1.29, 1.82) is 0 Å². The lowest BCUT2D eigenvalue weighted by atomic mass is 10.1. The number of rotatable bonds is 8. The van der Waals surface area contributed by atoms with Crippen LogP contribution in [0.4, 0.5) is 0 Å². The van der Waals surface area contributed by atoms with Crippen LogP contribution >= 0.6 is 11.8 Å². The zero-order valence-electron chi connectivity index (χ0n) is 15.7. The van der Waals surface area contributed by atoms with Crippen LogP contribution in [0.15, 0.2) is 65.1 Å². The fourth-order valence-electron chi connectivity index (χ4n) is 2.40. The molecule has 0 aliphatic rings. The van der Waals surface area contributed by atoms with Crippen LogP contribution in [0, 0.1) is 0 Å². The van der Waals surface area contributed by atoms with E-state index >= 15 is 0 Å². The number of carbonyl (C=O) groups is 1. The molecule has 0 saturated heterocycles. The van der Waals surface area contributed by atoms with Crippen molar-refractivity contribution < 1.29 is 9.53 Å². The van der Waals surface area contributed by atoms with Crippen LogP contribution in [-0.4, -0.2) is 33.5 Å². The third kappa shape index (κ3) is 5.20. The third-order valence-electron chi connectivity index (χ3n) is 3.84. The summed E-state index contributed by atoms with van der Waals surface area (Å²) in [4.78, 5) is 12.3. The Hall–Kier alpha value is -3.13. The first-order valence-corrected chi connectivity index (χ1v) is 9.77. The first kappa shape index (κ1) is 19.6. The number of ether oxygens (including phenoxy) is 1. The van der Waals surface area contributed by atoms with Crippen molar-refractivity contribution in [3.8, 4) is 5.75 Å². The van der Waals surface area contributed by atoms with Gasteiger partial charge in [-0.3, -0.25) is 4.79 Å². The largest absolute Gasteiger partial charge is 0.493 e. The topological polar surface area (TPSA) is 81.4 Å². The summed E-state index contributed by atoms with van der Waals surface area (Å²) in [6, 6.07) is 14.9. The van der Waals surface area contributed by atoms with Crippen LogP contribution in [0.1, 0.15) is 28.4 Å². The number of nitrogens with one attached hydrogen (secondary N) is 1. The molecule has 0 unspecified atom stereocenters. The molecule has 0 fully saturated rings. The summed E-state index contributed by atoms with van der Waals surface area (Å²) in [5, 5.41) is 12.8. The van der Waals surface area contributed by atoms with Gasteiger partial charge in [0.25, 0.3) is 5.91 Å². The predicted octanol–water partition coefficient (Wildman–Crippen LogP) is 3.27. The first-order chi connectivity index (χ1) is 13.7. The van der Waals surface area contributed by atoms with Crippen molar-refractivity contribution in [2.45, 2.75) is 17.8 Å². The van der Waals surface area contributed by atoms with Crippen LogP contribution < -0.4 is 10.2 Å². The number of benzene rings is 2. The smallest absolute Gasteiger partial charge is 0.271 e. The zero-order chi connectivity index (χ0) is 19.8. The van der Waals surface area contributed by atoms with Crippen LogP contribution in [0.2, 0.25) is 0 Å². The van der Waals surface area contributed by atoms with E-state index in [1.807, 2.05) is 54.9 Å². The molecule has 7 nitrogen and oxygen atoms in total. The van der Waals surface area contributed by atoms with E-state index < -0.39 is 0 Å². The number of thioether (sulfide) groups is 1. The molecule has 0 spiro atoms. The monoisotopic (exact) mass is 395 g/mol. The van der Waals surface area contributed by atoms with Gasteiger partial charge in [-0.05, 0) is 36.8 Å². The van der Waals surface area contributed by atoms with E-state index in [0.29, 0.717) is 12.2 Å². The van der Waals surface area contributed by atoms with Gasteiger partial charge in [0.15, 0.2) is 5.16 Å². The lowest BCUT2D eigenvalue weighted by molar-refractivity contribution is 0.0955. The van der Waals surface area contributed by atoms with Gasteiger partial charge < -0.3 is 9.30 Å². The summed E-state index contributed by atoms with van der Waals surface area (Å²) in [5.74, 6) is 1.21. The summed E-state index contributed by atoms with van der Waals surface area (Å²) < 4.78 is 7.40. The molecule has 3 rings (SSSR count). The number of hydrogen-bond acceptors (Lipinski definition) is 6. The summed E-state index contributed by atoms with van der Waals surface area (Å²) in [5.41, 5.74) is 4.99. The van der Waals surface area contributed by atoms with Gasteiger partial charge in [-0.1, -0.05) is 36.0 Å². The highest BCUT2D eigenvalue weighted by molar-refractivity contribution is 7.98. The highest BCUT2D eigenvalue weighted by Gasteiger charge is 2.06. The van der Waals surface area contributed by atoms with E-state index in [1.165, 1.54) is 0 Å². The number of amides is 1. The quantitative estimate of drug-likeness (QED) is 0.360. The van der Waals surface area contributed by atoms with E-state index in [9.17, 15) is 4.79 Å². The van der Waals surface area contributed by atoms with Gasteiger partial charge in [-0.2, -0.15) is 5.10 Å². The number of aryl methyl sites for hydroxylation is 1. The molecule has 8 heteroatoms. The maximum atomic E-state index is 12.3. The second-order valence-corrected chi connectivity index (χ2v) is 6.82. The molecule has 144 valence electrons. The van der Waals surface area contributed by atoms with Gasteiger partial charge in [0.2, 0.25) is 0 Å². The Balaban J connectivity index is 1.55. The molecule has 0 bridgehead atoms. The SMILES string of the molecule is CCOc1ccccc1C=NNC(=O)c1ccc(CSc2nncn2C)cc1. The van der Waals surface area contributed by atoms with Gasteiger partial charge in [0.05, 0.1) is 12.8 Å². The van der Waals surface area contributed by atoms with E-state index in [1.54, 1.807) is 36.4 Å². The van der Waals surface area contributed by atoms with Crippen molar-refractivity contribution in [1.82, 2.24) is 20.2 Å². The molecule has 1 aromatic heterocycles. The van der Waals surface area contributed by atoms with Crippen LogP contribution in [0.25, 0.3) is 0 Å². The van der Waals surface area contributed by atoms with E-state index in [0.717, 1.165) is 27.8 Å². The van der Waals surface area contributed by atoms with Crippen molar-refractivity contribution >= 4 is 23.9 Å². The number of hydrogen-bond donors (Lipinski definition) is 1. The normalized spacial score (nSPS) is 10.9. The fraction of sp³-hybridized carbons (Fsp3) is 0.200. The summed E-state index contributed by atoms with van der Waals surface area (Å²) in [7, 11) is 1.91. The minimum Gasteiger partial charge on any atom is -0.493 e. The summed E-state index contributed by atoms with van der Waals surface area (Å²) >= 11 is 1.59. The minimum atomic E-state index is -0.266. The van der Waals surface area contributed by atoms with Gasteiger partial charge in [-0.25, -0.2) is 5.43 Å². The van der Waals surface area contributed by atoms with Crippen LogP contribution in [0.3, 0.4) is 0 Å². The van der Waals surface area contributed by atoms with Gasteiger partial charge in [0, 0.05) is 23.9 Å². The van der Waals surface area contributed by atoms with E-state index in [2.05, 4.69) is 20.7 Å². The second-order valence-electron chi connectivity index (χ2n) is 5.88. The van der Waals surface area contributed by atoms with Crippen LogP contribution in [0.5, 0.6) is 5.75 Å². The number of aromatic nitrogens is 3. The number of nitrogens with zero attached hydrogens (tertiary/aromatic N) is 4. The van der Waals surface area contributed by atoms with Gasteiger partial charge in [-0.15, -0.1) is 10.2 Å². The van der Waals surface area contributed by atoms with Crippen molar-refractivity contribution in [2.75, 3.05) is 6.61 Å².